The van der Waals surface area contributed by atoms with Gasteiger partial charge in [-0.25, -0.2) is 5.43 Å². The molecule has 0 spiro atoms. The van der Waals surface area contributed by atoms with E-state index in [0.717, 1.165) is 16.9 Å². The highest BCUT2D eigenvalue weighted by Crippen LogP contribution is 2.22. The van der Waals surface area contributed by atoms with Crippen LogP contribution in [0.1, 0.15) is 16.7 Å². The topological polar surface area (TPSA) is 84.8 Å². The van der Waals surface area contributed by atoms with Crippen LogP contribution in [0.3, 0.4) is 0 Å². The molecule has 1 amide bonds. The van der Waals surface area contributed by atoms with Gasteiger partial charge in [0.15, 0.2) is 5.75 Å². The number of hydrogen-bond donors (Lipinski definition) is 1. The van der Waals surface area contributed by atoms with E-state index in [0.29, 0.717) is 5.56 Å². The molecule has 0 saturated carbocycles. The Morgan fingerprint density at radius 3 is 2.42 bits per heavy atom. The van der Waals surface area contributed by atoms with Gasteiger partial charge in [-0.1, -0.05) is 60.2 Å². The number of carbonyl (C=O) groups is 1. The van der Waals surface area contributed by atoms with E-state index in [1.165, 1.54) is 36.2 Å². The Balaban J connectivity index is 1.57. The van der Waals surface area contributed by atoms with Crippen molar-refractivity contribution in [1.82, 2.24) is 5.43 Å². The lowest BCUT2D eigenvalue weighted by atomic mass is 10.2. The fourth-order valence-electron chi connectivity index (χ4n) is 2.58. The second-order valence-electron chi connectivity index (χ2n) is 6.66. The number of carbonyl (C=O) groups excluding carboxylic acids is 1. The monoisotopic (exact) mass is 454 g/mol. The maximum Gasteiger partial charge on any atom is 0.339 e. The van der Waals surface area contributed by atoms with Crippen molar-refractivity contribution in [3.8, 4) is 5.75 Å². The number of thioether (sulfide) groups is 1. The van der Waals surface area contributed by atoms with Crippen LogP contribution in [0.25, 0.3) is 0 Å². The number of aryl methyl sites for hydroxylation is 1. The molecule has 8 heteroatoms. The van der Waals surface area contributed by atoms with Crippen molar-refractivity contribution in [2.24, 2.45) is 5.10 Å². The summed E-state index contributed by atoms with van der Waals surface area (Å²) in [4.78, 5) is 12.0. The van der Waals surface area contributed by atoms with Crippen LogP contribution in [0.5, 0.6) is 5.75 Å². The molecular formula is C23H22N2O4S2. The first-order chi connectivity index (χ1) is 14.9. The van der Waals surface area contributed by atoms with Crippen LogP contribution in [-0.4, -0.2) is 26.3 Å². The van der Waals surface area contributed by atoms with Gasteiger partial charge in [0.25, 0.3) is 0 Å². The summed E-state index contributed by atoms with van der Waals surface area (Å²) in [5, 5.41) is 3.93. The molecule has 0 radical (unpaired) electrons. The minimum Gasteiger partial charge on any atom is -0.378 e. The highest BCUT2D eigenvalue weighted by molar-refractivity contribution is 7.99. The van der Waals surface area contributed by atoms with Crippen molar-refractivity contribution >= 4 is 34.0 Å². The SMILES string of the molecule is Cc1ccc(S(=O)(=O)Oc2ccccc2C=NNC(=O)CSCc2ccccc2)cc1. The number of rotatable bonds is 9. The number of para-hydroxylation sites is 1. The minimum atomic E-state index is -3.98. The van der Waals surface area contributed by atoms with Gasteiger partial charge in [0, 0.05) is 11.3 Å². The number of nitrogens with zero attached hydrogens (tertiary/aromatic N) is 1. The summed E-state index contributed by atoms with van der Waals surface area (Å²) in [5.74, 6) is 0.861. The van der Waals surface area contributed by atoms with Crippen LogP contribution in [0, 0.1) is 6.92 Å². The van der Waals surface area contributed by atoms with Crippen molar-refractivity contribution in [3.63, 3.8) is 0 Å². The molecule has 0 aliphatic heterocycles. The summed E-state index contributed by atoms with van der Waals surface area (Å²) in [6, 6.07) is 22.8. The van der Waals surface area contributed by atoms with Crippen molar-refractivity contribution in [2.45, 2.75) is 17.6 Å². The molecule has 0 unspecified atom stereocenters. The van der Waals surface area contributed by atoms with Crippen LogP contribution in [-0.2, 0) is 20.7 Å². The van der Waals surface area contributed by atoms with Crippen LogP contribution < -0.4 is 9.61 Å². The van der Waals surface area contributed by atoms with Crippen molar-refractivity contribution in [3.05, 3.63) is 95.6 Å². The average Bonchev–Trinajstić information content (AvgIpc) is 2.76. The molecule has 0 bridgehead atoms. The average molecular weight is 455 g/mol. The highest BCUT2D eigenvalue weighted by Gasteiger charge is 2.17. The second kappa shape index (κ2) is 10.8. The van der Waals surface area contributed by atoms with Gasteiger partial charge in [0.2, 0.25) is 5.91 Å². The van der Waals surface area contributed by atoms with E-state index in [-0.39, 0.29) is 22.3 Å². The van der Waals surface area contributed by atoms with Gasteiger partial charge in [-0.15, -0.1) is 11.8 Å². The summed E-state index contributed by atoms with van der Waals surface area (Å²) in [5.41, 5.74) is 4.97. The van der Waals surface area contributed by atoms with Crippen molar-refractivity contribution < 1.29 is 17.4 Å². The first-order valence-corrected chi connectivity index (χ1v) is 12.0. The molecule has 0 aliphatic carbocycles. The number of hydrazone groups is 1. The van der Waals surface area contributed by atoms with Gasteiger partial charge in [-0.3, -0.25) is 4.79 Å². The van der Waals surface area contributed by atoms with E-state index in [1.807, 2.05) is 37.3 Å². The highest BCUT2D eigenvalue weighted by atomic mass is 32.2. The molecule has 0 atom stereocenters. The zero-order chi connectivity index (χ0) is 22.1. The Labute approximate surface area is 186 Å². The fraction of sp³-hybridized carbons (Fsp3) is 0.130. The number of benzene rings is 3. The summed E-state index contributed by atoms with van der Waals surface area (Å²) in [7, 11) is -3.98. The number of nitrogens with one attached hydrogen (secondary N) is 1. The lowest BCUT2D eigenvalue weighted by Gasteiger charge is -2.09. The predicted octanol–water partition coefficient (Wildman–Crippen LogP) is 4.15. The molecule has 0 saturated heterocycles. The maximum absolute atomic E-state index is 12.5. The van der Waals surface area contributed by atoms with Crippen molar-refractivity contribution in [2.75, 3.05) is 5.75 Å². The normalized spacial score (nSPS) is 11.4. The van der Waals surface area contributed by atoms with E-state index in [1.54, 1.807) is 30.3 Å². The lowest BCUT2D eigenvalue weighted by Crippen LogP contribution is -2.19. The quantitative estimate of drug-likeness (QED) is 0.298. The van der Waals surface area contributed by atoms with Crippen LogP contribution in [0.2, 0.25) is 0 Å². The lowest BCUT2D eigenvalue weighted by molar-refractivity contribution is -0.118. The molecule has 0 aliphatic rings. The summed E-state index contributed by atoms with van der Waals surface area (Å²) in [6.07, 6.45) is 1.36. The number of hydrogen-bond acceptors (Lipinski definition) is 6. The Bertz CT molecular complexity index is 1150. The van der Waals surface area contributed by atoms with Crippen LogP contribution in [0.15, 0.2) is 88.9 Å². The summed E-state index contributed by atoms with van der Waals surface area (Å²) in [6.45, 7) is 1.87. The standard InChI is InChI=1S/C23H22N2O4S2/c1-18-11-13-21(14-12-18)31(27,28)29-22-10-6-5-9-20(22)15-24-25-23(26)17-30-16-19-7-3-2-4-8-19/h2-15H,16-17H2,1H3,(H,25,26). The molecule has 0 heterocycles. The molecule has 3 aromatic rings. The van der Waals surface area contributed by atoms with Crippen LogP contribution >= 0.6 is 11.8 Å². The first-order valence-electron chi connectivity index (χ1n) is 9.48. The molecule has 0 fully saturated rings. The zero-order valence-corrected chi connectivity index (χ0v) is 18.5. The Kier molecular flexibility index (Phi) is 7.86. The Morgan fingerprint density at radius 2 is 1.68 bits per heavy atom. The largest absolute Gasteiger partial charge is 0.378 e. The molecular weight excluding hydrogens is 432 g/mol. The van der Waals surface area contributed by atoms with E-state index < -0.39 is 10.1 Å². The molecule has 160 valence electrons. The Hall–Kier alpha value is -3.10. The van der Waals surface area contributed by atoms with Gasteiger partial charge < -0.3 is 4.18 Å². The minimum absolute atomic E-state index is 0.0635. The fourth-order valence-corrected chi connectivity index (χ4v) is 4.31. The Morgan fingerprint density at radius 1 is 1.00 bits per heavy atom. The van der Waals surface area contributed by atoms with E-state index >= 15 is 0 Å². The maximum atomic E-state index is 12.5. The van der Waals surface area contributed by atoms with Gasteiger partial charge in [0.05, 0.1) is 12.0 Å². The third-order valence-electron chi connectivity index (χ3n) is 4.17. The molecule has 1 N–H and O–H groups in total. The molecule has 6 nitrogen and oxygen atoms in total. The predicted molar refractivity (Wildman–Crippen MR) is 124 cm³/mol. The van der Waals surface area contributed by atoms with E-state index in [9.17, 15) is 13.2 Å². The third-order valence-corrected chi connectivity index (χ3v) is 6.42. The van der Waals surface area contributed by atoms with Crippen molar-refractivity contribution in [1.29, 1.82) is 0 Å². The zero-order valence-electron chi connectivity index (χ0n) is 16.9. The second-order valence-corrected chi connectivity index (χ2v) is 9.19. The van der Waals surface area contributed by atoms with E-state index in [4.69, 9.17) is 4.18 Å². The van der Waals surface area contributed by atoms with Crippen LogP contribution in [0.4, 0.5) is 0 Å². The molecule has 0 aromatic heterocycles. The molecule has 3 aromatic carbocycles. The van der Waals surface area contributed by atoms with Gasteiger partial charge in [0.1, 0.15) is 4.90 Å². The van der Waals surface area contributed by atoms with Gasteiger partial charge in [-0.05, 0) is 36.8 Å². The number of amides is 1. The molecule has 3 rings (SSSR count). The van der Waals surface area contributed by atoms with E-state index in [2.05, 4.69) is 10.5 Å². The summed E-state index contributed by atoms with van der Waals surface area (Å²) < 4.78 is 30.4. The molecule has 31 heavy (non-hydrogen) atoms. The summed E-state index contributed by atoms with van der Waals surface area (Å²) >= 11 is 1.48. The van der Waals surface area contributed by atoms with Gasteiger partial charge >= 0.3 is 10.1 Å². The smallest absolute Gasteiger partial charge is 0.339 e. The third kappa shape index (κ3) is 6.97. The first kappa shape index (κ1) is 22.6. The van der Waals surface area contributed by atoms with Gasteiger partial charge in [-0.2, -0.15) is 13.5 Å².